The summed E-state index contributed by atoms with van der Waals surface area (Å²) in [6, 6.07) is 8.32. The van der Waals surface area contributed by atoms with Crippen LogP contribution in [0, 0.1) is 28.4 Å². The van der Waals surface area contributed by atoms with Gasteiger partial charge >= 0.3 is 0 Å². The second kappa shape index (κ2) is 5.12. The molecule has 96 valence electrons. The molecular formula is C12H10N4O2S. The number of nitriles is 1. The Morgan fingerprint density at radius 3 is 2.58 bits per heavy atom. The fourth-order valence-electron chi connectivity index (χ4n) is 1.63. The molecule has 0 N–H and O–H groups in total. The minimum atomic E-state index is -0.441. The van der Waals surface area contributed by atoms with Crippen molar-refractivity contribution in [1.29, 1.82) is 5.26 Å². The van der Waals surface area contributed by atoms with Crippen molar-refractivity contribution in [1.82, 2.24) is 9.78 Å². The van der Waals surface area contributed by atoms with Crippen LogP contribution in [0.1, 0.15) is 11.3 Å². The van der Waals surface area contributed by atoms with E-state index < -0.39 is 4.92 Å². The van der Waals surface area contributed by atoms with Gasteiger partial charge < -0.3 is 0 Å². The van der Waals surface area contributed by atoms with E-state index in [1.165, 1.54) is 23.9 Å². The highest BCUT2D eigenvalue weighted by Crippen LogP contribution is 2.32. The summed E-state index contributed by atoms with van der Waals surface area (Å²) in [5.74, 6) is 0. The number of nitro groups is 1. The molecule has 7 heteroatoms. The van der Waals surface area contributed by atoms with Crippen molar-refractivity contribution in [2.24, 2.45) is 7.05 Å². The number of non-ortho nitro benzene ring substituents is 1. The molecule has 0 bridgehead atoms. The zero-order valence-electron chi connectivity index (χ0n) is 10.3. The lowest BCUT2D eigenvalue weighted by molar-refractivity contribution is -0.384. The Hall–Kier alpha value is -2.33. The molecule has 1 aromatic carbocycles. The number of aryl methyl sites for hydroxylation is 2. The van der Waals surface area contributed by atoms with Crippen LogP contribution < -0.4 is 0 Å². The van der Waals surface area contributed by atoms with Gasteiger partial charge in [0.15, 0.2) is 0 Å². The quantitative estimate of drug-likeness (QED) is 0.634. The standard InChI is InChI=1S/C12H10N4O2S/c1-8-11(7-13)12(15(2)14-8)19-10-5-3-9(4-6-10)16(17)18/h3-6H,1-2H3. The van der Waals surface area contributed by atoms with Crippen molar-refractivity contribution >= 4 is 17.4 Å². The second-order valence-corrected chi connectivity index (χ2v) is 4.92. The molecule has 19 heavy (non-hydrogen) atoms. The molecule has 2 aromatic rings. The number of aromatic nitrogens is 2. The fraction of sp³-hybridized carbons (Fsp3) is 0.167. The highest BCUT2D eigenvalue weighted by Gasteiger charge is 2.14. The van der Waals surface area contributed by atoms with E-state index in [-0.39, 0.29) is 5.69 Å². The molecule has 0 radical (unpaired) electrons. The number of nitrogens with zero attached hydrogens (tertiary/aromatic N) is 4. The van der Waals surface area contributed by atoms with Crippen LogP contribution in [-0.2, 0) is 7.05 Å². The Morgan fingerprint density at radius 1 is 1.42 bits per heavy atom. The molecule has 6 nitrogen and oxygen atoms in total. The monoisotopic (exact) mass is 274 g/mol. The van der Waals surface area contributed by atoms with Gasteiger partial charge in [-0.25, -0.2) is 0 Å². The lowest BCUT2D eigenvalue weighted by Gasteiger charge is -2.02. The van der Waals surface area contributed by atoms with Crippen molar-refractivity contribution in [2.45, 2.75) is 16.8 Å². The van der Waals surface area contributed by atoms with Crippen molar-refractivity contribution < 1.29 is 4.92 Å². The number of benzene rings is 1. The first kappa shape index (κ1) is 13.1. The second-order valence-electron chi connectivity index (χ2n) is 3.85. The Bertz CT molecular complexity index is 670. The van der Waals surface area contributed by atoms with E-state index in [0.717, 1.165) is 9.92 Å². The smallest absolute Gasteiger partial charge is 0.260 e. The van der Waals surface area contributed by atoms with Crippen molar-refractivity contribution in [2.75, 3.05) is 0 Å². The Balaban J connectivity index is 2.32. The van der Waals surface area contributed by atoms with Gasteiger partial charge in [0.1, 0.15) is 16.7 Å². The van der Waals surface area contributed by atoms with Crippen molar-refractivity contribution in [3.8, 4) is 6.07 Å². The van der Waals surface area contributed by atoms with E-state index >= 15 is 0 Å². The Labute approximate surface area is 113 Å². The van der Waals surface area contributed by atoms with Crippen molar-refractivity contribution in [3.63, 3.8) is 0 Å². The van der Waals surface area contributed by atoms with Crippen LogP contribution in [0.5, 0.6) is 0 Å². The maximum Gasteiger partial charge on any atom is 0.269 e. The summed E-state index contributed by atoms with van der Waals surface area (Å²) in [5.41, 5.74) is 1.26. The summed E-state index contributed by atoms with van der Waals surface area (Å²) in [6.45, 7) is 1.78. The summed E-state index contributed by atoms with van der Waals surface area (Å²) in [4.78, 5) is 11.0. The van der Waals surface area contributed by atoms with Gasteiger partial charge in [0, 0.05) is 24.1 Å². The molecule has 1 heterocycles. The molecule has 0 aliphatic carbocycles. The van der Waals surface area contributed by atoms with E-state index in [4.69, 9.17) is 5.26 Å². The summed E-state index contributed by atoms with van der Waals surface area (Å²) < 4.78 is 1.64. The SMILES string of the molecule is Cc1nn(C)c(Sc2ccc([N+](=O)[O-])cc2)c1C#N. The molecule has 2 rings (SSSR count). The molecule has 0 saturated carbocycles. The third-order valence-electron chi connectivity index (χ3n) is 2.54. The number of rotatable bonds is 3. The van der Waals surface area contributed by atoms with E-state index in [1.54, 1.807) is 30.8 Å². The summed E-state index contributed by atoms with van der Waals surface area (Å²) >= 11 is 1.36. The summed E-state index contributed by atoms with van der Waals surface area (Å²) in [6.07, 6.45) is 0. The van der Waals surface area contributed by atoms with Crippen LogP contribution >= 0.6 is 11.8 Å². The van der Waals surface area contributed by atoms with Gasteiger partial charge in [0.2, 0.25) is 0 Å². The van der Waals surface area contributed by atoms with Crippen LogP contribution in [-0.4, -0.2) is 14.7 Å². The zero-order chi connectivity index (χ0) is 14.0. The Morgan fingerprint density at radius 2 is 2.05 bits per heavy atom. The molecule has 0 amide bonds. The van der Waals surface area contributed by atoms with E-state index in [9.17, 15) is 10.1 Å². The first-order valence-corrected chi connectivity index (χ1v) is 6.20. The van der Waals surface area contributed by atoms with Gasteiger partial charge in [-0.15, -0.1) is 0 Å². The fourth-order valence-corrected chi connectivity index (χ4v) is 2.59. The predicted molar refractivity (Wildman–Crippen MR) is 69.9 cm³/mol. The van der Waals surface area contributed by atoms with E-state index in [2.05, 4.69) is 11.2 Å². The van der Waals surface area contributed by atoms with E-state index in [0.29, 0.717) is 11.3 Å². The average Bonchev–Trinajstić information content (AvgIpc) is 2.64. The molecule has 0 fully saturated rings. The largest absolute Gasteiger partial charge is 0.269 e. The molecule has 0 aliphatic rings. The molecule has 0 atom stereocenters. The normalized spacial score (nSPS) is 10.2. The molecule has 0 saturated heterocycles. The maximum atomic E-state index is 10.6. The summed E-state index contributed by atoms with van der Waals surface area (Å²) in [5, 5.41) is 24.6. The summed E-state index contributed by atoms with van der Waals surface area (Å²) in [7, 11) is 1.77. The van der Waals surface area contributed by atoms with Crippen LogP contribution in [0.4, 0.5) is 5.69 Å². The predicted octanol–water partition coefficient (Wildman–Crippen LogP) is 2.66. The molecule has 0 aliphatic heterocycles. The van der Waals surface area contributed by atoms with E-state index in [1.807, 2.05) is 0 Å². The van der Waals surface area contributed by atoms with Crippen LogP contribution in [0.25, 0.3) is 0 Å². The van der Waals surface area contributed by atoms with Gasteiger partial charge in [0.25, 0.3) is 5.69 Å². The lowest BCUT2D eigenvalue weighted by Crippen LogP contribution is -1.93. The topological polar surface area (TPSA) is 84.8 Å². The van der Waals surface area contributed by atoms with Crippen molar-refractivity contribution in [3.05, 3.63) is 45.6 Å². The first-order chi connectivity index (χ1) is 9.02. The average molecular weight is 274 g/mol. The van der Waals surface area contributed by atoms with Gasteiger partial charge in [-0.2, -0.15) is 10.4 Å². The van der Waals surface area contributed by atoms with Gasteiger partial charge in [-0.1, -0.05) is 11.8 Å². The Kier molecular flexibility index (Phi) is 3.53. The van der Waals surface area contributed by atoms with Crippen LogP contribution in [0.15, 0.2) is 34.2 Å². The molecule has 0 unspecified atom stereocenters. The molecular weight excluding hydrogens is 264 g/mol. The van der Waals surface area contributed by atoms with Crippen LogP contribution in [0.2, 0.25) is 0 Å². The third kappa shape index (κ3) is 2.58. The maximum absolute atomic E-state index is 10.6. The van der Waals surface area contributed by atoms with Crippen LogP contribution in [0.3, 0.4) is 0 Å². The number of hydrogen-bond acceptors (Lipinski definition) is 5. The lowest BCUT2D eigenvalue weighted by atomic mass is 10.3. The highest BCUT2D eigenvalue weighted by molar-refractivity contribution is 7.99. The third-order valence-corrected chi connectivity index (χ3v) is 3.71. The highest BCUT2D eigenvalue weighted by atomic mass is 32.2. The first-order valence-electron chi connectivity index (χ1n) is 5.39. The molecule has 1 aromatic heterocycles. The van der Waals surface area contributed by atoms with Gasteiger partial charge in [-0.05, 0) is 19.1 Å². The van der Waals surface area contributed by atoms with Gasteiger partial charge in [-0.3, -0.25) is 14.8 Å². The van der Waals surface area contributed by atoms with Gasteiger partial charge in [0.05, 0.1) is 10.6 Å². The minimum Gasteiger partial charge on any atom is -0.260 e. The minimum absolute atomic E-state index is 0.0473. The zero-order valence-corrected chi connectivity index (χ0v) is 11.1. The number of hydrogen-bond donors (Lipinski definition) is 0. The number of nitro benzene ring substituents is 1. The molecule has 0 spiro atoms.